The standard InChI is InChI=1S/C16H25N/c1-13-5-7-14(8-6-13)11-16(17)10-4-9-15(2,3)12-16/h5-8H,4,9-12,17H2,1-3H3. The van der Waals surface area contributed by atoms with Crippen LogP contribution in [0.15, 0.2) is 24.3 Å². The van der Waals surface area contributed by atoms with Gasteiger partial charge in [-0.2, -0.15) is 0 Å². The van der Waals surface area contributed by atoms with Crippen LogP contribution in [0.3, 0.4) is 0 Å². The maximum Gasteiger partial charge on any atom is 0.0200 e. The van der Waals surface area contributed by atoms with E-state index in [4.69, 9.17) is 5.73 Å². The van der Waals surface area contributed by atoms with Crippen molar-refractivity contribution in [2.24, 2.45) is 11.1 Å². The average Bonchev–Trinajstić information content (AvgIpc) is 2.19. The first kappa shape index (κ1) is 12.6. The van der Waals surface area contributed by atoms with Crippen LogP contribution in [0.4, 0.5) is 0 Å². The molecule has 17 heavy (non-hydrogen) atoms. The summed E-state index contributed by atoms with van der Waals surface area (Å²) in [5.41, 5.74) is 9.74. The summed E-state index contributed by atoms with van der Waals surface area (Å²) < 4.78 is 0. The normalized spacial score (nSPS) is 28.0. The minimum atomic E-state index is 0.0109. The Morgan fingerprint density at radius 1 is 1.12 bits per heavy atom. The van der Waals surface area contributed by atoms with E-state index in [1.165, 1.54) is 30.4 Å². The molecule has 1 nitrogen and oxygen atoms in total. The summed E-state index contributed by atoms with van der Waals surface area (Å²) >= 11 is 0. The van der Waals surface area contributed by atoms with E-state index in [2.05, 4.69) is 45.0 Å². The summed E-state index contributed by atoms with van der Waals surface area (Å²) in [4.78, 5) is 0. The molecular weight excluding hydrogens is 206 g/mol. The van der Waals surface area contributed by atoms with Crippen LogP contribution in [-0.2, 0) is 6.42 Å². The van der Waals surface area contributed by atoms with Crippen molar-refractivity contribution in [3.05, 3.63) is 35.4 Å². The van der Waals surface area contributed by atoms with Crippen LogP contribution in [0.2, 0.25) is 0 Å². The third-order valence-electron chi connectivity index (χ3n) is 4.04. The third kappa shape index (κ3) is 3.32. The highest BCUT2D eigenvalue weighted by Crippen LogP contribution is 2.41. The van der Waals surface area contributed by atoms with Gasteiger partial charge in [0.25, 0.3) is 0 Å². The minimum absolute atomic E-state index is 0.0109. The Balaban J connectivity index is 2.09. The SMILES string of the molecule is Cc1ccc(CC2(N)CCCC(C)(C)C2)cc1. The molecule has 1 atom stereocenters. The molecule has 1 saturated carbocycles. The predicted molar refractivity (Wildman–Crippen MR) is 74.1 cm³/mol. The van der Waals surface area contributed by atoms with Crippen LogP contribution in [0, 0.1) is 12.3 Å². The molecule has 0 heterocycles. The number of hydrogen-bond acceptors (Lipinski definition) is 1. The van der Waals surface area contributed by atoms with E-state index in [9.17, 15) is 0 Å². The van der Waals surface area contributed by atoms with Gasteiger partial charge in [0, 0.05) is 5.54 Å². The monoisotopic (exact) mass is 231 g/mol. The third-order valence-corrected chi connectivity index (χ3v) is 4.04. The van der Waals surface area contributed by atoms with Crippen LogP contribution >= 0.6 is 0 Å². The van der Waals surface area contributed by atoms with Crippen molar-refractivity contribution in [2.45, 2.75) is 58.4 Å². The van der Waals surface area contributed by atoms with E-state index < -0.39 is 0 Å². The number of hydrogen-bond donors (Lipinski definition) is 1. The molecule has 1 aromatic carbocycles. The second-order valence-corrected chi connectivity index (χ2v) is 6.72. The van der Waals surface area contributed by atoms with E-state index in [-0.39, 0.29) is 5.54 Å². The molecule has 2 N–H and O–H groups in total. The Labute approximate surface area is 105 Å². The fraction of sp³-hybridized carbons (Fsp3) is 0.625. The van der Waals surface area contributed by atoms with Crippen molar-refractivity contribution >= 4 is 0 Å². The average molecular weight is 231 g/mol. The highest BCUT2D eigenvalue weighted by Gasteiger charge is 2.36. The van der Waals surface area contributed by atoms with Crippen molar-refractivity contribution in [3.63, 3.8) is 0 Å². The van der Waals surface area contributed by atoms with Gasteiger partial charge in [-0.15, -0.1) is 0 Å². The first-order valence-electron chi connectivity index (χ1n) is 6.73. The lowest BCUT2D eigenvalue weighted by Crippen LogP contribution is -2.48. The fourth-order valence-electron chi connectivity index (χ4n) is 3.31. The van der Waals surface area contributed by atoms with E-state index in [0.29, 0.717) is 5.41 Å². The van der Waals surface area contributed by atoms with Gasteiger partial charge in [0.05, 0.1) is 0 Å². The van der Waals surface area contributed by atoms with Crippen LogP contribution in [0.5, 0.6) is 0 Å². The van der Waals surface area contributed by atoms with Gasteiger partial charge in [-0.25, -0.2) is 0 Å². The van der Waals surface area contributed by atoms with Gasteiger partial charge in [0.2, 0.25) is 0 Å². The summed E-state index contributed by atoms with van der Waals surface area (Å²) in [6.45, 7) is 6.83. The quantitative estimate of drug-likeness (QED) is 0.822. The van der Waals surface area contributed by atoms with Crippen molar-refractivity contribution in [2.75, 3.05) is 0 Å². The van der Waals surface area contributed by atoms with Crippen molar-refractivity contribution in [1.82, 2.24) is 0 Å². The Morgan fingerprint density at radius 3 is 2.35 bits per heavy atom. The molecule has 1 aliphatic carbocycles. The Bertz CT molecular complexity index is 377. The first-order chi connectivity index (χ1) is 7.89. The van der Waals surface area contributed by atoms with Crippen LogP contribution < -0.4 is 5.73 Å². The summed E-state index contributed by atoms with van der Waals surface area (Å²) in [6, 6.07) is 8.83. The molecule has 0 aliphatic heterocycles. The van der Waals surface area contributed by atoms with Gasteiger partial charge in [-0.3, -0.25) is 0 Å². The number of aryl methyl sites for hydroxylation is 1. The highest BCUT2D eigenvalue weighted by atomic mass is 14.8. The zero-order chi connectivity index (χ0) is 12.5. The molecule has 0 radical (unpaired) electrons. The maximum atomic E-state index is 6.60. The van der Waals surface area contributed by atoms with Crippen LogP contribution in [0.1, 0.15) is 50.7 Å². The Morgan fingerprint density at radius 2 is 1.76 bits per heavy atom. The second kappa shape index (κ2) is 4.45. The molecule has 1 fully saturated rings. The van der Waals surface area contributed by atoms with Crippen molar-refractivity contribution in [1.29, 1.82) is 0 Å². The molecule has 0 spiro atoms. The van der Waals surface area contributed by atoms with Crippen molar-refractivity contribution < 1.29 is 0 Å². The summed E-state index contributed by atoms with van der Waals surface area (Å²) in [6.07, 6.45) is 5.93. The smallest absolute Gasteiger partial charge is 0.0200 e. The Kier molecular flexibility index (Phi) is 3.31. The lowest BCUT2D eigenvalue weighted by molar-refractivity contribution is 0.151. The molecule has 1 heteroatoms. The molecule has 94 valence electrons. The zero-order valence-corrected chi connectivity index (χ0v) is 11.4. The van der Waals surface area contributed by atoms with Crippen LogP contribution in [-0.4, -0.2) is 5.54 Å². The van der Waals surface area contributed by atoms with Gasteiger partial charge in [-0.1, -0.05) is 50.1 Å². The number of nitrogens with two attached hydrogens (primary N) is 1. The Hall–Kier alpha value is -0.820. The molecule has 0 aromatic heterocycles. The van der Waals surface area contributed by atoms with Gasteiger partial charge in [-0.05, 0) is 43.6 Å². The minimum Gasteiger partial charge on any atom is -0.325 e. The number of benzene rings is 1. The largest absolute Gasteiger partial charge is 0.325 e. The summed E-state index contributed by atoms with van der Waals surface area (Å²) in [5, 5.41) is 0. The van der Waals surface area contributed by atoms with Gasteiger partial charge in [0.1, 0.15) is 0 Å². The highest BCUT2D eigenvalue weighted by molar-refractivity contribution is 5.23. The molecule has 1 aliphatic rings. The molecule has 2 rings (SSSR count). The van der Waals surface area contributed by atoms with Gasteiger partial charge >= 0.3 is 0 Å². The van der Waals surface area contributed by atoms with E-state index in [1.807, 2.05) is 0 Å². The maximum absolute atomic E-state index is 6.60. The van der Waals surface area contributed by atoms with E-state index in [0.717, 1.165) is 12.8 Å². The molecule has 1 unspecified atom stereocenters. The van der Waals surface area contributed by atoms with Gasteiger partial charge < -0.3 is 5.73 Å². The molecule has 0 bridgehead atoms. The summed E-state index contributed by atoms with van der Waals surface area (Å²) in [7, 11) is 0. The van der Waals surface area contributed by atoms with E-state index in [1.54, 1.807) is 0 Å². The number of rotatable bonds is 2. The predicted octanol–water partition coefficient (Wildman–Crippen LogP) is 3.84. The first-order valence-corrected chi connectivity index (χ1v) is 6.73. The molecule has 1 aromatic rings. The van der Waals surface area contributed by atoms with Crippen LogP contribution in [0.25, 0.3) is 0 Å². The molecular formula is C16H25N. The van der Waals surface area contributed by atoms with Crippen molar-refractivity contribution in [3.8, 4) is 0 Å². The zero-order valence-electron chi connectivity index (χ0n) is 11.4. The molecule has 0 saturated heterocycles. The lowest BCUT2D eigenvalue weighted by Gasteiger charge is -2.42. The lowest BCUT2D eigenvalue weighted by atomic mass is 9.66. The summed E-state index contributed by atoms with van der Waals surface area (Å²) in [5.74, 6) is 0. The fourth-order valence-corrected chi connectivity index (χ4v) is 3.31. The molecule has 0 amide bonds. The van der Waals surface area contributed by atoms with Gasteiger partial charge in [0.15, 0.2) is 0 Å². The second-order valence-electron chi connectivity index (χ2n) is 6.72. The topological polar surface area (TPSA) is 26.0 Å². The van der Waals surface area contributed by atoms with E-state index >= 15 is 0 Å².